The second kappa shape index (κ2) is 10.5. The number of pyridine rings is 1. The SMILES string of the molecule is CCCCc1ccc(NC(=O)COC(=O)Cc2csc(-c3cccnc3)n2)cc1. The van der Waals surface area contributed by atoms with Crippen molar-refractivity contribution in [2.24, 2.45) is 0 Å². The van der Waals surface area contributed by atoms with Crippen LogP contribution in [0, 0.1) is 0 Å². The number of benzene rings is 1. The minimum absolute atomic E-state index is 0.0240. The van der Waals surface area contributed by atoms with E-state index in [-0.39, 0.29) is 18.9 Å². The van der Waals surface area contributed by atoms with Crippen molar-refractivity contribution in [3.8, 4) is 10.6 Å². The van der Waals surface area contributed by atoms with E-state index < -0.39 is 5.97 Å². The molecule has 0 radical (unpaired) electrons. The number of aromatic nitrogens is 2. The lowest BCUT2D eigenvalue weighted by Gasteiger charge is -2.07. The predicted molar refractivity (Wildman–Crippen MR) is 114 cm³/mol. The van der Waals surface area contributed by atoms with E-state index in [9.17, 15) is 9.59 Å². The maximum atomic E-state index is 12.0. The average Bonchev–Trinajstić information content (AvgIpc) is 3.21. The highest BCUT2D eigenvalue weighted by Crippen LogP contribution is 2.22. The molecule has 0 atom stereocenters. The van der Waals surface area contributed by atoms with E-state index >= 15 is 0 Å². The number of ether oxygens (including phenoxy) is 1. The van der Waals surface area contributed by atoms with Crippen LogP contribution in [0.1, 0.15) is 31.0 Å². The van der Waals surface area contributed by atoms with Crippen molar-refractivity contribution < 1.29 is 14.3 Å². The number of unbranched alkanes of at least 4 members (excludes halogenated alkanes) is 1. The molecule has 7 heteroatoms. The highest BCUT2D eigenvalue weighted by atomic mass is 32.1. The summed E-state index contributed by atoms with van der Waals surface area (Å²) in [5, 5.41) is 5.34. The quantitative estimate of drug-likeness (QED) is 0.534. The number of hydrogen-bond acceptors (Lipinski definition) is 6. The predicted octanol–water partition coefficient (Wildman–Crippen LogP) is 4.27. The van der Waals surface area contributed by atoms with Crippen molar-refractivity contribution in [3.05, 3.63) is 65.4 Å². The molecule has 1 aromatic carbocycles. The Morgan fingerprint density at radius 2 is 2.00 bits per heavy atom. The van der Waals surface area contributed by atoms with Crippen molar-refractivity contribution in [2.45, 2.75) is 32.6 Å². The van der Waals surface area contributed by atoms with Crippen LogP contribution in [0.5, 0.6) is 0 Å². The highest BCUT2D eigenvalue weighted by Gasteiger charge is 2.12. The molecule has 1 N–H and O–H groups in total. The molecule has 3 aromatic rings. The van der Waals surface area contributed by atoms with Gasteiger partial charge in [-0.15, -0.1) is 11.3 Å². The monoisotopic (exact) mass is 409 g/mol. The third-order valence-electron chi connectivity index (χ3n) is 4.21. The van der Waals surface area contributed by atoms with Crippen LogP contribution >= 0.6 is 11.3 Å². The molecule has 2 heterocycles. The number of anilines is 1. The molecular weight excluding hydrogens is 386 g/mol. The third-order valence-corrected chi connectivity index (χ3v) is 5.15. The maximum absolute atomic E-state index is 12.0. The van der Waals surface area contributed by atoms with Gasteiger partial charge in [0.1, 0.15) is 5.01 Å². The average molecular weight is 410 g/mol. The van der Waals surface area contributed by atoms with Crippen molar-refractivity contribution in [1.29, 1.82) is 0 Å². The van der Waals surface area contributed by atoms with Gasteiger partial charge in [-0.3, -0.25) is 14.6 Å². The molecule has 0 aliphatic carbocycles. The molecule has 0 spiro atoms. The van der Waals surface area contributed by atoms with Gasteiger partial charge in [-0.05, 0) is 42.7 Å². The van der Waals surface area contributed by atoms with Crippen LogP contribution in [0.15, 0.2) is 54.2 Å². The number of aryl methyl sites for hydroxylation is 1. The van der Waals surface area contributed by atoms with Gasteiger partial charge in [0.05, 0.1) is 12.1 Å². The van der Waals surface area contributed by atoms with Gasteiger partial charge >= 0.3 is 5.97 Å². The number of carbonyl (C=O) groups is 2. The number of nitrogens with one attached hydrogen (secondary N) is 1. The molecule has 0 aliphatic heterocycles. The van der Waals surface area contributed by atoms with Gasteiger partial charge in [0, 0.05) is 29.0 Å². The summed E-state index contributed by atoms with van der Waals surface area (Å²) >= 11 is 1.44. The zero-order valence-corrected chi connectivity index (χ0v) is 17.1. The molecule has 6 nitrogen and oxygen atoms in total. The first-order valence-electron chi connectivity index (χ1n) is 9.53. The van der Waals surface area contributed by atoms with Gasteiger partial charge in [-0.25, -0.2) is 4.98 Å². The first kappa shape index (κ1) is 20.7. The van der Waals surface area contributed by atoms with Crippen molar-refractivity contribution >= 4 is 28.9 Å². The molecule has 1 amide bonds. The number of nitrogens with zero attached hydrogens (tertiary/aromatic N) is 2. The van der Waals surface area contributed by atoms with Gasteiger partial charge in [-0.1, -0.05) is 25.5 Å². The lowest BCUT2D eigenvalue weighted by atomic mass is 10.1. The summed E-state index contributed by atoms with van der Waals surface area (Å²) in [6, 6.07) is 11.5. The van der Waals surface area contributed by atoms with E-state index in [1.54, 1.807) is 12.4 Å². The molecule has 0 saturated heterocycles. The second-order valence-electron chi connectivity index (χ2n) is 6.57. The van der Waals surface area contributed by atoms with Crippen LogP contribution in [-0.2, 0) is 27.2 Å². The first-order chi connectivity index (χ1) is 14.1. The molecule has 0 saturated carbocycles. The number of carbonyl (C=O) groups excluding carboxylic acids is 2. The van der Waals surface area contributed by atoms with Crippen LogP contribution in [0.25, 0.3) is 10.6 Å². The minimum Gasteiger partial charge on any atom is -0.455 e. The third kappa shape index (κ3) is 6.50. The molecular formula is C22H23N3O3S. The molecule has 150 valence electrons. The van der Waals surface area contributed by atoms with Crippen LogP contribution in [0.4, 0.5) is 5.69 Å². The van der Waals surface area contributed by atoms with Crippen LogP contribution < -0.4 is 5.32 Å². The van der Waals surface area contributed by atoms with Gasteiger partial charge in [0.15, 0.2) is 6.61 Å². The van der Waals surface area contributed by atoms with Crippen molar-refractivity contribution in [2.75, 3.05) is 11.9 Å². The fourth-order valence-electron chi connectivity index (χ4n) is 2.69. The summed E-state index contributed by atoms with van der Waals surface area (Å²) in [6.45, 7) is 1.83. The zero-order valence-electron chi connectivity index (χ0n) is 16.3. The smallest absolute Gasteiger partial charge is 0.312 e. The molecule has 3 rings (SSSR count). The number of esters is 1. The molecule has 0 unspecified atom stereocenters. The van der Waals surface area contributed by atoms with Gasteiger partial charge in [-0.2, -0.15) is 0 Å². The summed E-state index contributed by atoms with van der Waals surface area (Å²) < 4.78 is 5.07. The van der Waals surface area contributed by atoms with Gasteiger partial charge in [0.25, 0.3) is 5.91 Å². The Balaban J connectivity index is 1.43. The Morgan fingerprint density at radius 3 is 2.72 bits per heavy atom. The van der Waals surface area contributed by atoms with Gasteiger partial charge < -0.3 is 10.1 Å². The van der Waals surface area contributed by atoms with Crippen LogP contribution in [0.2, 0.25) is 0 Å². The topological polar surface area (TPSA) is 81.2 Å². The Bertz CT molecular complexity index is 939. The minimum atomic E-state index is -0.488. The van der Waals surface area contributed by atoms with E-state index in [4.69, 9.17) is 4.74 Å². The molecule has 0 fully saturated rings. The summed E-state index contributed by atoms with van der Waals surface area (Å²) in [4.78, 5) is 32.5. The van der Waals surface area contributed by atoms with E-state index in [2.05, 4.69) is 22.2 Å². The zero-order chi connectivity index (χ0) is 20.5. The van der Waals surface area contributed by atoms with Gasteiger partial charge in [0.2, 0.25) is 0 Å². The fourth-order valence-corrected chi connectivity index (χ4v) is 3.50. The lowest BCUT2D eigenvalue weighted by molar-refractivity contribution is -0.146. The Morgan fingerprint density at radius 1 is 1.17 bits per heavy atom. The summed E-state index contributed by atoms with van der Waals surface area (Å²) in [6.07, 6.45) is 6.76. The number of thiazole rings is 1. The first-order valence-corrected chi connectivity index (χ1v) is 10.4. The van der Waals surface area contributed by atoms with Crippen LogP contribution in [0.3, 0.4) is 0 Å². The molecule has 29 heavy (non-hydrogen) atoms. The van der Waals surface area contributed by atoms with E-state index in [0.717, 1.165) is 29.8 Å². The largest absolute Gasteiger partial charge is 0.455 e. The Kier molecular flexibility index (Phi) is 7.47. The van der Waals surface area contributed by atoms with Crippen molar-refractivity contribution in [3.63, 3.8) is 0 Å². The molecule has 0 bridgehead atoms. The number of amides is 1. The van der Waals surface area contributed by atoms with Crippen LogP contribution in [-0.4, -0.2) is 28.5 Å². The standard InChI is InChI=1S/C22H23N3O3S/c1-2-3-5-16-7-9-18(10-8-16)24-20(26)14-28-21(27)12-19-15-29-22(25-19)17-6-4-11-23-13-17/h4,6-11,13,15H,2-3,5,12,14H2,1H3,(H,24,26). The number of hydrogen-bond donors (Lipinski definition) is 1. The van der Waals surface area contributed by atoms with E-state index in [0.29, 0.717) is 11.4 Å². The summed E-state index contributed by atoms with van der Waals surface area (Å²) in [7, 11) is 0. The van der Waals surface area contributed by atoms with E-state index in [1.807, 2.05) is 41.8 Å². The summed E-state index contributed by atoms with van der Waals surface area (Å²) in [5.74, 6) is -0.855. The Hall–Kier alpha value is -3.06. The molecule has 2 aromatic heterocycles. The highest BCUT2D eigenvalue weighted by molar-refractivity contribution is 7.13. The second-order valence-corrected chi connectivity index (χ2v) is 7.43. The maximum Gasteiger partial charge on any atom is 0.312 e. The Labute approximate surface area is 174 Å². The molecule has 0 aliphatic rings. The number of rotatable bonds is 9. The summed E-state index contributed by atoms with van der Waals surface area (Å²) in [5.41, 5.74) is 3.44. The lowest BCUT2D eigenvalue weighted by Crippen LogP contribution is -2.21. The van der Waals surface area contributed by atoms with E-state index in [1.165, 1.54) is 16.9 Å². The fraction of sp³-hybridized carbons (Fsp3) is 0.273. The van der Waals surface area contributed by atoms with Crippen molar-refractivity contribution in [1.82, 2.24) is 9.97 Å². The normalized spacial score (nSPS) is 10.5.